The SMILES string of the molecule is CCCCCCCC(C)CC/C=C/CCCCCCCC(C)CCCCCCC. The van der Waals surface area contributed by atoms with Crippen LogP contribution in [0.5, 0.6) is 0 Å². The Morgan fingerprint density at radius 2 is 0.793 bits per heavy atom. The maximum atomic E-state index is 2.47. The zero-order chi connectivity index (χ0) is 21.4. The number of hydrogen-bond donors (Lipinski definition) is 0. The third-order valence-corrected chi connectivity index (χ3v) is 6.66. The highest BCUT2D eigenvalue weighted by Crippen LogP contribution is 2.19. The van der Waals surface area contributed by atoms with E-state index in [1.807, 2.05) is 0 Å². The number of hydrogen-bond acceptors (Lipinski definition) is 0. The van der Waals surface area contributed by atoms with Crippen LogP contribution in [0, 0.1) is 11.8 Å². The van der Waals surface area contributed by atoms with Gasteiger partial charge < -0.3 is 0 Å². The molecule has 0 aromatic carbocycles. The lowest BCUT2D eigenvalue weighted by Gasteiger charge is -2.10. The maximum Gasteiger partial charge on any atom is -0.0348 e. The lowest BCUT2D eigenvalue weighted by Crippen LogP contribution is -1.95. The minimum atomic E-state index is 0.917. The van der Waals surface area contributed by atoms with E-state index in [4.69, 9.17) is 0 Å². The first kappa shape index (κ1) is 28.7. The maximum absolute atomic E-state index is 2.47. The van der Waals surface area contributed by atoms with Crippen molar-refractivity contribution in [1.82, 2.24) is 0 Å². The first-order valence-electron chi connectivity index (χ1n) is 13.9. The van der Waals surface area contributed by atoms with Gasteiger partial charge in [0.05, 0.1) is 0 Å². The van der Waals surface area contributed by atoms with Crippen LogP contribution >= 0.6 is 0 Å². The molecule has 0 saturated carbocycles. The molecule has 2 unspecified atom stereocenters. The Labute approximate surface area is 186 Å². The summed E-state index contributed by atoms with van der Waals surface area (Å²) in [6, 6.07) is 0. The number of allylic oxidation sites excluding steroid dienone is 2. The molecule has 0 aliphatic rings. The van der Waals surface area contributed by atoms with Crippen LogP contribution in [0.1, 0.15) is 163 Å². The molecule has 2 atom stereocenters. The molecule has 0 N–H and O–H groups in total. The van der Waals surface area contributed by atoms with Gasteiger partial charge in [0.2, 0.25) is 0 Å². The number of rotatable bonds is 23. The molecule has 0 fully saturated rings. The second-order valence-electron chi connectivity index (χ2n) is 10.0. The molecule has 0 heterocycles. The van der Waals surface area contributed by atoms with E-state index in [9.17, 15) is 0 Å². The van der Waals surface area contributed by atoms with Crippen molar-refractivity contribution < 1.29 is 0 Å². The Bertz CT molecular complexity index is 316. The highest BCUT2D eigenvalue weighted by molar-refractivity contribution is 4.82. The zero-order valence-corrected chi connectivity index (χ0v) is 21.2. The van der Waals surface area contributed by atoms with Crippen molar-refractivity contribution in [2.75, 3.05) is 0 Å². The first-order valence-corrected chi connectivity index (χ1v) is 13.9. The summed E-state index contributed by atoms with van der Waals surface area (Å²) in [6.07, 6.45) is 34.8. The van der Waals surface area contributed by atoms with E-state index in [1.54, 1.807) is 0 Å². The van der Waals surface area contributed by atoms with E-state index < -0.39 is 0 Å². The Hall–Kier alpha value is -0.260. The van der Waals surface area contributed by atoms with Crippen LogP contribution in [0.25, 0.3) is 0 Å². The zero-order valence-electron chi connectivity index (χ0n) is 21.2. The van der Waals surface area contributed by atoms with Crippen LogP contribution in [0.4, 0.5) is 0 Å². The van der Waals surface area contributed by atoms with Crippen LogP contribution < -0.4 is 0 Å². The molecular formula is C29H58. The van der Waals surface area contributed by atoms with Gasteiger partial charge in [-0.15, -0.1) is 0 Å². The topological polar surface area (TPSA) is 0 Å². The molecule has 0 bridgehead atoms. The molecule has 0 aromatic heterocycles. The van der Waals surface area contributed by atoms with Crippen molar-refractivity contribution in [2.45, 2.75) is 163 Å². The fourth-order valence-electron chi connectivity index (χ4n) is 4.38. The average Bonchev–Trinajstić information content (AvgIpc) is 2.71. The quantitative estimate of drug-likeness (QED) is 0.117. The van der Waals surface area contributed by atoms with E-state index in [2.05, 4.69) is 39.8 Å². The normalized spacial score (nSPS) is 13.9. The molecule has 0 aliphatic carbocycles. The minimum Gasteiger partial charge on any atom is -0.0885 e. The molecule has 0 heteroatoms. The molecule has 0 saturated heterocycles. The minimum absolute atomic E-state index is 0.917. The summed E-state index contributed by atoms with van der Waals surface area (Å²) in [5.74, 6) is 1.87. The summed E-state index contributed by atoms with van der Waals surface area (Å²) >= 11 is 0. The van der Waals surface area contributed by atoms with Gasteiger partial charge >= 0.3 is 0 Å². The van der Waals surface area contributed by atoms with E-state index in [-0.39, 0.29) is 0 Å². The van der Waals surface area contributed by atoms with Gasteiger partial charge in [0, 0.05) is 0 Å². The standard InChI is InChI=1S/C29H58/c1-5-7-9-16-20-24-28(3)26-22-18-14-12-11-13-15-19-23-27-29(4)25-21-17-10-8-6-2/h14,18,28-29H,5-13,15-17,19-27H2,1-4H3/b18-14+. The lowest BCUT2D eigenvalue weighted by atomic mass is 9.96. The van der Waals surface area contributed by atoms with Crippen molar-refractivity contribution >= 4 is 0 Å². The summed E-state index contributed by atoms with van der Waals surface area (Å²) in [6.45, 7) is 9.52. The Balaban J connectivity index is 3.29. The average molecular weight is 407 g/mol. The van der Waals surface area contributed by atoms with Gasteiger partial charge in [-0.25, -0.2) is 0 Å². The predicted octanol–water partition coefficient (Wildman–Crippen LogP) is 11.0. The van der Waals surface area contributed by atoms with Crippen LogP contribution in [0.2, 0.25) is 0 Å². The molecule has 29 heavy (non-hydrogen) atoms. The van der Waals surface area contributed by atoms with Gasteiger partial charge in [-0.05, 0) is 37.5 Å². The summed E-state index contributed by atoms with van der Waals surface area (Å²) in [5, 5.41) is 0. The molecule has 0 amide bonds. The van der Waals surface area contributed by atoms with Crippen molar-refractivity contribution in [2.24, 2.45) is 11.8 Å². The van der Waals surface area contributed by atoms with Crippen molar-refractivity contribution in [3.63, 3.8) is 0 Å². The van der Waals surface area contributed by atoms with Crippen molar-refractivity contribution in [3.8, 4) is 0 Å². The molecular weight excluding hydrogens is 348 g/mol. The Morgan fingerprint density at radius 1 is 0.414 bits per heavy atom. The summed E-state index contributed by atoms with van der Waals surface area (Å²) in [5.41, 5.74) is 0. The van der Waals surface area contributed by atoms with E-state index in [0.717, 1.165) is 11.8 Å². The van der Waals surface area contributed by atoms with E-state index >= 15 is 0 Å². The number of unbranched alkanes of at least 4 members (excludes halogenated alkanes) is 13. The second kappa shape index (κ2) is 24.0. The molecule has 174 valence electrons. The second-order valence-corrected chi connectivity index (χ2v) is 10.0. The van der Waals surface area contributed by atoms with E-state index in [1.165, 1.54) is 135 Å². The molecule has 0 aromatic rings. The van der Waals surface area contributed by atoms with Gasteiger partial charge in [0.15, 0.2) is 0 Å². The Morgan fingerprint density at radius 3 is 1.31 bits per heavy atom. The van der Waals surface area contributed by atoms with Gasteiger partial charge in [-0.3, -0.25) is 0 Å². The van der Waals surface area contributed by atoms with Crippen molar-refractivity contribution in [3.05, 3.63) is 12.2 Å². The van der Waals surface area contributed by atoms with Crippen LogP contribution in [-0.2, 0) is 0 Å². The molecule has 0 radical (unpaired) electrons. The largest absolute Gasteiger partial charge is 0.0885 e. The molecule has 0 nitrogen and oxygen atoms in total. The van der Waals surface area contributed by atoms with Gasteiger partial charge in [-0.1, -0.05) is 149 Å². The third-order valence-electron chi connectivity index (χ3n) is 6.66. The first-order chi connectivity index (χ1) is 14.2. The predicted molar refractivity (Wildman–Crippen MR) is 136 cm³/mol. The van der Waals surface area contributed by atoms with Crippen LogP contribution in [-0.4, -0.2) is 0 Å². The Kier molecular flexibility index (Phi) is 23.8. The van der Waals surface area contributed by atoms with E-state index in [0.29, 0.717) is 0 Å². The molecule has 0 rings (SSSR count). The highest BCUT2D eigenvalue weighted by Gasteiger charge is 2.02. The monoisotopic (exact) mass is 406 g/mol. The highest BCUT2D eigenvalue weighted by atomic mass is 14.1. The third kappa shape index (κ3) is 23.9. The molecule has 0 spiro atoms. The fourth-order valence-corrected chi connectivity index (χ4v) is 4.38. The van der Waals surface area contributed by atoms with Crippen LogP contribution in [0.3, 0.4) is 0 Å². The fraction of sp³-hybridized carbons (Fsp3) is 0.931. The summed E-state index contributed by atoms with van der Waals surface area (Å²) < 4.78 is 0. The lowest BCUT2D eigenvalue weighted by molar-refractivity contribution is 0.433. The summed E-state index contributed by atoms with van der Waals surface area (Å²) in [7, 11) is 0. The van der Waals surface area contributed by atoms with Gasteiger partial charge in [0.1, 0.15) is 0 Å². The smallest absolute Gasteiger partial charge is 0.0348 e. The van der Waals surface area contributed by atoms with Crippen LogP contribution in [0.15, 0.2) is 12.2 Å². The van der Waals surface area contributed by atoms with Gasteiger partial charge in [0.25, 0.3) is 0 Å². The van der Waals surface area contributed by atoms with Crippen molar-refractivity contribution in [1.29, 1.82) is 0 Å². The van der Waals surface area contributed by atoms with Gasteiger partial charge in [-0.2, -0.15) is 0 Å². The molecule has 0 aliphatic heterocycles. The summed E-state index contributed by atoms with van der Waals surface area (Å²) in [4.78, 5) is 0.